The Morgan fingerprint density at radius 1 is 1.50 bits per heavy atom. The molecular weight excluding hydrogens is 242 g/mol. The molecule has 0 spiro atoms. The first kappa shape index (κ1) is 17.2. The summed E-state index contributed by atoms with van der Waals surface area (Å²) in [6, 6.07) is -0.232. The highest BCUT2D eigenvalue weighted by Gasteiger charge is 2.35. The van der Waals surface area contributed by atoms with Crippen LogP contribution in [0.3, 0.4) is 0 Å². The van der Waals surface area contributed by atoms with Crippen LogP contribution in [0, 0.1) is 0 Å². The molecule has 0 amide bonds. The standard InChI is InChI=1S/C12H24F2N2O2/c1-5-6-15-12(3,11(17)18)7-9(2)16(4)8-10(13)14/h9-10,15H,5-8H2,1-4H3,(H,17,18). The van der Waals surface area contributed by atoms with Crippen molar-refractivity contribution >= 4 is 5.97 Å². The van der Waals surface area contributed by atoms with E-state index < -0.39 is 17.9 Å². The van der Waals surface area contributed by atoms with Crippen LogP contribution in [-0.4, -0.2) is 54.1 Å². The zero-order valence-corrected chi connectivity index (χ0v) is 11.5. The number of hydrogen-bond donors (Lipinski definition) is 2. The second kappa shape index (κ2) is 7.63. The number of nitrogens with one attached hydrogen (secondary N) is 1. The molecule has 0 aromatic carbocycles. The second-order valence-electron chi connectivity index (χ2n) is 4.95. The highest BCUT2D eigenvalue weighted by Crippen LogP contribution is 2.17. The van der Waals surface area contributed by atoms with Gasteiger partial charge in [-0.15, -0.1) is 0 Å². The molecule has 0 saturated carbocycles. The Kier molecular flexibility index (Phi) is 7.32. The van der Waals surface area contributed by atoms with Crippen molar-refractivity contribution in [1.82, 2.24) is 10.2 Å². The van der Waals surface area contributed by atoms with Crippen LogP contribution >= 0.6 is 0 Å². The molecule has 108 valence electrons. The van der Waals surface area contributed by atoms with E-state index in [1.54, 1.807) is 20.9 Å². The largest absolute Gasteiger partial charge is 0.480 e. The van der Waals surface area contributed by atoms with E-state index in [1.165, 1.54) is 4.90 Å². The van der Waals surface area contributed by atoms with Crippen LogP contribution in [0.2, 0.25) is 0 Å². The van der Waals surface area contributed by atoms with Gasteiger partial charge >= 0.3 is 5.97 Å². The van der Waals surface area contributed by atoms with Crippen LogP contribution in [0.4, 0.5) is 8.78 Å². The molecule has 0 heterocycles. The number of rotatable bonds is 9. The number of carboxylic acid groups (broad SMARTS) is 1. The molecule has 2 atom stereocenters. The molecule has 0 aliphatic heterocycles. The van der Waals surface area contributed by atoms with Gasteiger partial charge < -0.3 is 10.4 Å². The monoisotopic (exact) mass is 266 g/mol. The van der Waals surface area contributed by atoms with Gasteiger partial charge in [0.1, 0.15) is 5.54 Å². The minimum atomic E-state index is -2.41. The Balaban J connectivity index is 4.52. The summed E-state index contributed by atoms with van der Waals surface area (Å²) in [6.07, 6.45) is -1.30. The van der Waals surface area contributed by atoms with Gasteiger partial charge in [-0.1, -0.05) is 6.92 Å². The van der Waals surface area contributed by atoms with Crippen molar-refractivity contribution in [3.05, 3.63) is 0 Å². The average molecular weight is 266 g/mol. The molecule has 0 rings (SSSR count). The van der Waals surface area contributed by atoms with E-state index in [9.17, 15) is 18.7 Å². The minimum Gasteiger partial charge on any atom is -0.480 e. The highest BCUT2D eigenvalue weighted by molar-refractivity contribution is 5.78. The maximum atomic E-state index is 12.3. The lowest BCUT2D eigenvalue weighted by Gasteiger charge is -2.33. The van der Waals surface area contributed by atoms with Gasteiger partial charge in [0.25, 0.3) is 6.43 Å². The number of nitrogens with zero attached hydrogens (tertiary/aromatic N) is 1. The molecule has 2 N–H and O–H groups in total. The van der Waals surface area contributed by atoms with E-state index in [1.807, 2.05) is 6.92 Å². The summed E-state index contributed by atoms with van der Waals surface area (Å²) in [6.45, 7) is 5.55. The number of aliphatic carboxylic acids is 1. The normalized spacial score (nSPS) is 16.9. The Hall–Kier alpha value is -0.750. The smallest absolute Gasteiger partial charge is 0.323 e. The van der Waals surface area contributed by atoms with Crippen molar-refractivity contribution in [2.75, 3.05) is 20.1 Å². The van der Waals surface area contributed by atoms with Gasteiger partial charge in [-0.25, -0.2) is 8.78 Å². The number of alkyl halides is 2. The number of carbonyl (C=O) groups is 1. The molecule has 6 heteroatoms. The lowest BCUT2D eigenvalue weighted by atomic mass is 9.93. The summed E-state index contributed by atoms with van der Waals surface area (Å²) in [5.74, 6) is -0.951. The fraction of sp³-hybridized carbons (Fsp3) is 0.917. The predicted octanol–water partition coefficient (Wildman–Crippen LogP) is 1.80. The summed E-state index contributed by atoms with van der Waals surface area (Å²) in [4.78, 5) is 12.8. The first-order valence-corrected chi connectivity index (χ1v) is 6.19. The van der Waals surface area contributed by atoms with Crippen LogP contribution in [0.25, 0.3) is 0 Å². The summed E-state index contributed by atoms with van der Waals surface area (Å²) in [5, 5.41) is 12.2. The molecule has 0 aliphatic carbocycles. The van der Waals surface area contributed by atoms with Gasteiger partial charge in [0, 0.05) is 6.04 Å². The first-order valence-electron chi connectivity index (χ1n) is 6.19. The Morgan fingerprint density at radius 3 is 2.44 bits per heavy atom. The summed E-state index contributed by atoms with van der Waals surface area (Å²) < 4.78 is 24.5. The average Bonchev–Trinajstić information content (AvgIpc) is 2.25. The molecule has 0 fully saturated rings. The number of halogens is 2. The maximum Gasteiger partial charge on any atom is 0.323 e. The lowest BCUT2D eigenvalue weighted by molar-refractivity contribution is -0.145. The number of hydrogen-bond acceptors (Lipinski definition) is 3. The Bertz CT molecular complexity index is 264. The van der Waals surface area contributed by atoms with Gasteiger partial charge in [-0.05, 0) is 40.3 Å². The van der Waals surface area contributed by atoms with E-state index in [-0.39, 0.29) is 19.0 Å². The van der Waals surface area contributed by atoms with Crippen LogP contribution in [0.15, 0.2) is 0 Å². The van der Waals surface area contributed by atoms with E-state index in [0.29, 0.717) is 6.54 Å². The molecule has 0 aliphatic rings. The summed E-state index contributed by atoms with van der Waals surface area (Å²) in [5.41, 5.74) is -1.08. The van der Waals surface area contributed by atoms with Crippen molar-refractivity contribution in [3.63, 3.8) is 0 Å². The third-order valence-electron chi connectivity index (χ3n) is 3.12. The van der Waals surface area contributed by atoms with Gasteiger partial charge in [-0.3, -0.25) is 9.69 Å². The highest BCUT2D eigenvalue weighted by atomic mass is 19.3. The van der Waals surface area contributed by atoms with Gasteiger partial charge in [-0.2, -0.15) is 0 Å². The van der Waals surface area contributed by atoms with Gasteiger partial charge in [0.05, 0.1) is 6.54 Å². The maximum absolute atomic E-state index is 12.3. The molecule has 18 heavy (non-hydrogen) atoms. The van der Waals surface area contributed by atoms with Crippen LogP contribution < -0.4 is 5.32 Å². The third kappa shape index (κ3) is 5.73. The van der Waals surface area contributed by atoms with E-state index >= 15 is 0 Å². The molecule has 2 unspecified atom stereocenters. The van der Waals surface area contributed by atoms with Crippen molar-refractivity contribution in [2.24, 2.45) is 0 Å². The summed E-state index contributed by atoms with van der Waals surface area (Å²) in [7, 11) is 1.58. The molecule has 0 aromatic heterocycles. The molecular formula is C12H24F2N2O2. The molecule has 0 bridgehead atoms. The van der Waals surface area contributed by atoms with Gasteiger partial charge in [0.2, 0.25) is 0 Å². The van der Waals surface area contributed by atoms with Crippen molar-refractivity contribution < 1.29 is 18.7 Å². The molecule has 0 radical (unpaired) electrons. The zero-order valence-electron chi connectivity index (χ0n) is 11.5. The quantitative estimate of drug-likeness (QED) is 0.668. The van der Waals surface area contributed by atoms with Crippen molar-refractivity contribution in [1.29, 1.82) is 0 Å². The third-order valence-corrected chi connectivity index (χ3v) is 3.12. The Labute approximate surface area is 107 Å². The molecule has 0 saturated heterocycles. The van der Waals surface area contributed by atoms with Crippen LogP contribution in [0.5, 0.6) is 0 Å². The second-order valence-corrected chi connectivity index (χ2v) is 4.95. The zero-order chi connectivity index (χ0) is 14.3. The van der Waals surface area contributed by atoms with Crippen LogP contribution in [0.1, 0.15) is 33.6 Å². The minimum absolute atomic E-state index is 0.232. The first-order chi connectivity index (χ1) is 8.23. The SMILES string of the molecule is CCCNC(C)(CC(C)N(C)CC(F)F)C(=O)O. The fourth-order valence-corrected chi connectivity index (χ4v) is 1.78. The fourth-order valence-electron chi connectivity index (χ4n) is 1.78. The van der Waals surface area contributed by atoms with Crippen molar-refractivity contribution in [3.8, 4) is 0 Å². The van der Waals surface area contributed by atoms with E-state index in [4.69, 9.17) is 0 Å². The van der Waals surface area contributed by atoms with Crippen LogP contribution in [-0.2, 0) is 4.79 Å². The number of carboxylic acids is 1. The Morgan fingerprint density at radius 2 is 2.06 bits per heavy atom. The van der Waals surface area contributed by atoms with E-state index in [0.717, 1.165) is 6.42 Å². The van der Waals surface area contributed by atoms with E-state index in [2.05, 4.69) is 5.32 Å². The lowest BCUT2D eigenvalue weighted by Crippen LogP contribution is -2.53. The summed E-state index contributed by atoms with van der Waals surface area (Å²) >= 11 is 0. The molecule has 0 aromatic rings. The van der Waals surface area contributed by atoms with Crippen molar-refractivity contribution in [2.45, 2.75) is 51.6 Å². The predicted molar refractivity (Wildman–Crippen MR) is 67.0 cm³/mol. The molecule has 4 nitrogen and oxygen atoms in total. The topological polar surface area (TPSA) is 52.6 Å². The van der Waals surface area contributed by atoms with Gasteiger partial charge in [0.15, 0.2) is 0 Å².